The molecule has 1 aromatic heterocycles. The Morgan fingerprint density at radius 1 is 1.48 bits per heavy atom. The van der Waals surface area contributed by atoms with Gasteiger partial charge >= 0.3 is 0 Å². The molecule has 2 bridgehead atoms. The van der Waals surface area contributed by atoms with Crippen molar-refractivity contribution >= 4 is 5.91 Å². The van der Waals surface area contributed by atoms with E-state index in [9.17, 15) is 4.79 Å². The number of rotatable bonds is 3. The number of aryl methyl sites for hydroxylation is 1. The maximum atomic E-state index is 12.8. The zero-order valence-electron chi connectivity index (χ0n) is 12.6. The predicted octanol–water partition coefficient (Wildman–Crippen LogP) is 1.80. The third-order valence-electron chi connectivity index (χ3n) is 4.30. The summed E-state index contributed by atoms with van der Waals surface area (Å²) in [4.78, 5) is 18.9. The SMILES string of the molecule is CCO[C@H]1[C@H]2CC[C@H]1OCCN2C(=O)c1cncc(C)c1. The highest BCUT2D eigenvalue weighted by molar-refractivity contribution is 5.94. The van der Waals surface area contributed by atoms with Crippen molar-refractivity contribution in [1.29, 1.82) is 0 Å². The highest BCUT2D eigenvalue weighted by atomic mass is 16.5. The van der Waals surface area contributed by atoms with Crippen molar-refractivity contribution in [3.05, 3.63) is 29.6 Å². The minimum absolute atomic E-state index is 0.000724. The van der Waals surface area contributed by atoms with Crippen LogP contribution < -0.4 is 0 Å². The first-order valence-electron chi connectivity index (χ1n) is 7.66. The normalized spacial score (nSPS) is 28.5. The number of pyridine rings is 1. The van der Waals surface area contributed by atoms with Crippen molar-refractivity contribution in [1.82, 2.24) is 9.88 Å². The van der Waals surface area contributed by atoms with E-state index in [4.69, 9.17) is 9.47 Å². The van der Waals surface area contributed by atoms with Gasteiger partial charge in [-0.1, -0.05) is 0 Å². The monoisotopic (exact) mass is 290 g/mol. The second-order valence-corrected chi connectivity index (χ2v) is 5.72. The van der Waals surface area contributed by atoms with Crippen LogP contribution in [0.4, 0.5) is 0 Å². The quantitative estimate of drug-likeness (QED) is 0.852. The maximum absolute atomic E-state index is 12.8. The minimum atomic E-state index is -0.000724. The average molecular weight is 290 g/mol. The first kappa shape index (κ1) is 14.5. The molecule has 0 aromatic carbocycles. The van der Waals surface area contributed by atoms with E-state index in [0.29, 0.717) is 25.3 Å². The largest absolute Gasteiger partial charge is 0.374 e. The minimum Gasteiger partial charge on any atom is -0.374 e. The summed E-state index contributed by atoms with van der Waals surface area (Å²) in [6, 6.07) is 2.01. The van der Waals surface area contributed by atoms with Crippen molar-refractivity contribution in [2.75, 3.05) is 19.8 Å². The molecule has 5 heteroatoms. The van der Waals surface area contributed by atoms with Crippen LogP contribution in [0.1, 0.15) is 35.7 Å². The second kappa shape index (κ2) is 6.12. The van der Waals surface area contributed by atoms with Crippen molar-refractivity contribution < 1.29 is 14.3 Å². The molecule has 0 spiro atoms. The summed E-state index contributed by atoms with van der Waals surface area (Å²) >= 11 is 0. The van der Waals surface area contributed by atoms with Crippen LogP contribution >= 0.6 is 0 Å². The van der Waals surface area contributed by atoms with E-state index >= 15 is 0 Å². The molecule has 1 saturated carbocycles. The molecule has 0 radical (unpaired) electrons. The number of carbonyl (C=O) groups excluding carboxylic acids is 1. The van der Waals surface area contributed by atoms with Gasteiger partial charge in [0.1, 0.15) is 6.10 Å². The van der Waals surface area contributed by atoms with Crippen LogP contribution in [-0.2, 0) is 9.47 Å². The molecular weight excluding hydrogens is 268 g/mol. The molecule has 2 aliphatic rings. The van der Waals surface area contributed by atoms with E-state index in [0.717, 1.165) is 18.4 Å². The lowest BCUT2D eigenvalue weighted by Gasteiger charge is -2.31. The first-order valence-corrected chi connectivity index (χ1v) is 7.66. The van der Waals surface area contributed by atoms with Crippen LogP contribution in [-0.4, -0.2) is 53.8 Å². The van der Waals surface area contributed by atoms with Crippen molar-refractivity contribution in [2.45, 2.75) is 44.9 Å². The molecule has 114 valence electrons. The number of fused-ring (bicyclic) bond motifs is 2. The van der Waals surface area contributed by atoms with Crippen molar-refractivity contribution in [3.8, 4) is 0 Å². The van der Waals surface area contributed by atoms with Gasteiger partial charge in [0.05, 0.1) is 24.3 Å². The number of amides is 1. The maximum Gasteiger partial charge on any atom is 0.255 e. The van der Waals surface area contributed by atoms with Gasteiger partial charge in [0.2, 0.25) is 0 Å². The van der Waals surface area contributed by atoms with E-state index in [1.165, 1.54) is 0 Å². The van der Waals surface area contributed by atoms with Crippen LogP contribution in [0.3, 0.4) is 0 Å². The smallest absolute Gasteiger partial charge is 0.255 e. The van der Waals surface area contributed by atoms with E-state index in [2.05, 4.69) is 4.98 Å². The van der Waals surface area contributed by atoms with Gasteiger partial charge in [-0.15, -0.1) is 0 Å². The fraction of sp³-hybridized carbons (Fsp3) is 0.625. The Balaban J connectivity index is 1.84. The molecule has 21 heavy (non-hydrogen) atoms. The summed E-state index contributed by atoms with van der Waals surface area (Å²) in [5.74, 6) is 0.0343. The fourth-order valence-corrected chi connectivity index (χ4v) is 3.39. The van der Waals surface area contributed by atoms with Gasteiger partial charge in [0, 0.05) is 25.5 Å². The Morgan fingerprint density at radius 2 is 2.33 bits per heavy atom. The van der Waals surface area contributed by atoms with Crippen LogP contribution in [0.2, 0.25) is 0 Å². The van der Waals surface area contributed by atoms with Crippen LogP contribution in [0.15, 0.2) is 18.5 Å². The molecule has 1 amide bonds. The van der Waals surface area contributed by atoms with Gasteiger partial charge in [-0.3, -0.25) is 9.78 Å². The number of carbonyl (C=O) groups is 1. The second-order valence-electron chi connectivity index (χ2n) is 5.72. The van der Waals surface area contributed by atoms with E-state index in [1.54, 1.807) is 12.4 Å². The standard InChI is InChI=1S/C16H22N2O3/c1-3-20-15-13-4-5-14(15)21-7-6-18(13)16(19)12-8-11(2)9-17-10-12/h8-10,13-15H,3-7H2,1-2H3/t13-,14-,15+/m1/s1. The summed E-state index contributed by atoms with van der Waals surface area (Å²) in [5.41, 5.74) is 1.65. The molecule has 5 nitrogen and oxygen atoms in total. The summed E-state index contributed by atoms with van der Waals surface area (Å²) < 4.78 is 11.7. The van der Waals surface area contributed by atoms with Gasteiger partial charge in [0.15, 0.2) is 0 Å². The Hall–Kier alpha value is -1.46. The zero-order chi connectivity index (χ0) is 14.8. The topological polar surface area (TPSA) is 51.7 Å². The zero-order valence-corrected chi connectivity index (χ0v) is 12.6. The number of hydrogen-bond acceptors (Lipinski definition) is 4. The highest BCUT2D eigenvalue weighted by Crippen LogP contribution is 2.32. The summed E-state index contributed by atoms with van der Waals surface area (Å²) in [7, 11) is 0. The fourth-order valence-electron chi connectivity index (χ4n) is 3.39. The summed E-state index contributed by atoms with van der Waals surface area (Å²) in [6.07, 6.45) is 5.44. The van der Waals surface area contributed by atoms with Gasteiger partial charge < -0.3 is 14.4 Å². The molecular formula is C16H22N2O3. The molecule has 3 rings (SSSR count). The lowest BCUT2D eigenvalue weighted by molar-refractivity contribution is -0.0484. The molecule has 1 aromatic rings. The Kier molecular flexibility index (Phi) is 4.22. The van der Waals surface area contributed by atoms with Crippen molar-refractivity contribution in [3.63, 3.8) is 0 Å². The number of aromatic nitrogens is 1. The lowest BCUT2D eigenvalue weighted by atomic mass is 10.1. The average Bonchev–Trinajstić information content (AvgIpc) is 2.75. The van der Waals surface area contributed by atoms with Gasteiger partial charge in [-0.2, -0.15) is 0 Å². The third-order valence-corrected chi connectivity index (χ3v) is 4.30. The highest BCUT2D eigenvalue weighted by Gasteiger charge is 2.44. The predicted molar refractivity (Wildman–Crippen MR) is 78.2 cm³/mol. The lowest BCUT2D eigenvalue weighted by Crippen LogP contribution is -2.46. The van der Waals surface area contributed by atoms with E-state index in [1.807, 2.05) is 24.8 Å². The molecule has 2 heterocycles. The molecule has 3 atom stereocenters. The molecule has 0 N–H and O–H groups in total. The number of hydrogen-bond donors (Lipinski definition) is 0. The third kappa shape index (κ3) is 2.80. The van der Waals surface area contributed by atoms with E-state index in [-0.39, 0.29) is 24.2 Å². The Bertz CT molecular complexity index is 520. The van der Waals surface area contributed by atoms with Crippen LogP contribution in [0.25, 0.3) is 0 Å². The van der Waals surface area contributed by atoms with Crippen LogP contribution in [0, 0.1) is 6.92 Å². The van der Waals surface area contributed by atoms with Crippen molar-refractivity contribution in [2.24, 2.45) is 0 Å². The number of ether oxygens (including phenoxy) is 2. The van der Waals surface area contributed by atoms with Gasteiger partial charge in [-0.05, 0) is 38.3 Å². The Morgan fingerprint density at radius 3 is 3.10 bits per heavy atom. The molecule has 0 unspecified atom stereocenters. The number of nitrogens with zero attached hydrogens (tertiary/aromatic N) is 2. The molecule has 1 saturated heterocycles. The summed E-state index contributed by atoms with van der Waals surface area (Å²) in [5, 5.41) is 0. The Labute approximate surface area is 125 Å². The molecule has 1 aliphatic carbocycles. The van der Waals surface area contributed by atoms with Gasteiger partial charge in [-0.25, -0.2) is 0 Å². The van der Waals surface area contributed by atoms with Gasteiger partial charge in [0.25, 0.3) is 5.91 Å². The molecule has 2 fully saturated rings. The first-order chi connectivity index (χ1) is 10.2. The van der Waals surface area contributed by atoms with Crippen LogP contribution in [0.5, 0.6) is 0 Å². The van der Waals surface area contributed by atoms with E-state index < -0.39 is 0 Å². The molecule has 1 aliphatic heterocycles. The summed E-state index contributed by atoms with van der Waals surface area (Å²) in [6.45, 7) is 5.78.